The van der Waals surface area contributed by atoms with Crippen LogP contribution in [0.3, 0.4) is 0 Å². The van der Waals surface area contributed by atoms with Crippen molar-refractivity contribution in [1.82, 2.24) is 25.1 Å². The lowest BCUT2D eigenvalue weighted by atomic mass is 9.44. The van der Waals surface area contributed by atoms with Gasteiger partial charge in [0.25, 0.3) is 0 Å². The first-order chi connectivity index (χ1) is 16.0. The van der Waals surface area contributed by atoms with Gasteiger partial charge in [-0.25, -0.2) is 4.39 Å². The van der Waals surface area contributed by atoms with Gasteiger partial charge in [0.2, 0.25) is 5.91 Å². The van der Waals surface area contributed by atoms with Crippen molar-refractivity contribution in [3.05, 3.63) is 48.9 Å². The van der Waals surface area contributed by atoms with Gasteiger partial charge in [0, 0.05) is 23.0 Å². The first kappa shape index (κ1) is 19.4. The van der Waals surface area contributed by atoms with Crippen molar-refractivity contribution in [1.29, 1.82) is 0 Å². The fraction of sp³-hybridized carbons (Fsp3) is 0.520. The molecule has 5 fully saturated rings. The number of pyridine rings is 1. The Morgan fingerprint density at radius 3 is 2.64 bits per heavy atom. The van der Waals surface area contributed by atoms with Crippen LogP contribution in [0.25, 0.3) is 10.9 Å². The van der Waals surface area contributed by atoms with E-state index in [1.165, 1.54) is 12.1 Å². The number of fused-ring (bicyclic) bond motifs is 2. The number of nitrogens with zero attached hydrogens (tertiary/aromatic N) is 4. The summed E-state index contributed by atoms with van der Waals surface area (Å²) in [5.41, 5.74) is 0.837. The van der Waals surface area contributed by atoms with E-state index in [9.17, 15) is 9.18 Å². The molecule has 2 heterocycles. The van der Waals surface area contributed by atoms with E-state index in [1.54, 1.807) is 24.9 Å². The topological polar surface area (TPSA) is 81.9 Å². The van der Waals surface area contributed by atoms with E-state index in [1.807, 2.05) is 6.07 Å². The third kappa shape index (κ3) is 2.85. The molecule has 1 unspecified atom stereocenters. The molecule has 5 saturated carbocycles. The molecule has 3 aromatic rings. The Kier molecular flexibility index (Phi) is 3.84. The van der Waals surface area contributed by atoms with Crippen molar-refractivity contribution < 1.29 is 13.9 Å². The highest BCUT2D eigenvalue weighted by Gasteiger charge is 2.70. The zero-order valence-corrected chi connectivity index (χ0v) is 18.4. The van der Waals surface area contributed by atoms with Crippen molar-refractivity contribution in [2.24, 2.45) is 23.7 Å². The van der Waals surface area contributed by atoms with Gasteiger partial charge in [-0.1, -0.05) is 6.92 Å². The van der Waals surface area contributed by atoms with Gasteiger partial charge in [-0.15, -0.1) is 10.2 Å². The molecule has 0 aliphatic heterocycles. The lowest BCUT2D eigenvalue weighted by molar-refractivity contribution is -0.158. The van der Waals surface area contributed by atoms with E-state index in [0.717, 1.165) is 37.6 Å². The number of hydrogen-bond acceptors (Lipinski definition) is 5. The van der Waals surface area contributed by atoms with Gasteiger partial charge < -0.3 is 14.6 Å². The van der Waals surface area contributed by atoms with Crippen LogP contribution in [0.1, 0.15) is 39.0 Å². The second kappa shape index (κ2) is 6.52. The average Bonchev–Trinajstić information content (AvgIpc) is 3.12. The molecule has 5 aliphatic carbocycles. The number of ether oxygens (including phenoxy) is 1. The number of carbonyl (C=O) groups excluding carboxylic acids is 1. The molecule has 7 nitrogen and oxygen atoms in total. The van der Waals surface area contributed by atoms with Crippen LogP contribution >= 0.6 is 0 Å². The largest absolute Gasteiger partial charge is 0.490 e. The second-order valence-corrected chi connectivity index (χ2v) is 10.8. The average molecular weight is 448 g/mol. The zero-order chi connectivity index (χ0) is 22.4. The molecule has 2 bridgehead atoms. The summed E-state index contributed by atoms with van der Waals surface area (Å²) < 4.78 is 22.1. The van der Waals surface area contributed by atoms with Crippen LogP contribution in [-0.4, -0.2) is 37.3 Å². The van der Waals surface area contributed by atoms with Crippen LogP contribution in [0.15, 0.2) is 43.1 Å². The normalized spacial score (nSPS) is 36.4. The number of benzene rings is 1. The van der Waals surface area contributed by atoms with Crippen molar-refractivity contribution >= 4 is 16.8 Å². The fourth-order valence-electron chi connectivity index (χ4n) is 7.19. The minimum absolute atomic E-state index is 0.0247. The lowest BCUT2D eigenvalue weighted by Crippen LogP contribution is -2.78. The zero-order valence-electron chi connectivity index (χ0n) is 18.4. The van der Waals surface area contributed by atoms with Crippen molar-refractivity contribution in [2.45, 2.75) is 56.2 Å². The summed E-state index contributed by atoms with van der Waals surface area (Å²) in [5.74, 6) is 2.14. The molecule has 5 atom stereocenters. The third-order valence-corrected chi connectivity index (χ3v) is 8.77. The van der Waals surface area contributed by atoms with E-state index < -0.39 is 0 Å². The van der Waals surface area contributed by atoms with Gasteiger partial charge in [0.05, 0.1) is 17.2 Å². The lowest BCUT2D eigenvalue weighted by Gasteiger charge is -2.70. The molecule has 8 rings (SSSR count). The predicted molar refractivity (Wildman–Crippen MR) is 118 cm³/mol. The molecule has 8 heteroatoms. The number of carbonyl (C=O) groups is 1. The Morgan fingerprint density at radius 1 is 1.18 bits per heavy atom. The van der Waals surface area contributed by atoms with E-state index in [2.05, 4.69) is 32.0 Å². The highest BCUT2D eigenvalue weighted by atomic mass is 19.1. The summed E-state index contributed by atoms with van der Waals surface area (Å²) >= 11 is 0. The molecule has 0 radical (unpaired) electrons. The Morgan fingerprint density at radius 2 is 1.91 bits per heavy atom. The molecule has 33 heavy (non-hydrogen) atoms. The van der Waals surface area contributed by atoms with Crippen LogP contribution in [-0.2, 0) is 10.3 Å². The number of halogens is 1. The molecule has 1 aromatic carbocycles. The molecule has 0 spiro atoms. The molecule has 1 N–H and O–H groups in total. The summed E-state index contributed by atoms with van der Waals surface area (Å²) in [5, 5.41) is 11.9. The van der Waals surface area contributed by atoms with Crippen LogP contribution in [0, 0.1) is 29.5 Å². The maximum atomic E-state index is 13.7. The van der Waals surface area contributed by atoms with Crippen LogP contribution in [0.2, 0.25) is 0 Å². The van der Waals surface area contributed by atoms with Crippen molar-refractivity contribution in [3.8, 4) is 5.75 Å². The molecule has 1 amide bonds. The summed E-state index contributed by atoms with van der Waals surface area (Å²) in [7, 11) is 0. The van der Waals surface area contributed by atoms with Crippen molar-refractivity contribution in [3.63, 3.8) is 0 Å². The fourth-order valence-corrected chi connectivity index (χ4v) is 7.19. The van der Waals surface area contributed by atoms with Crippen LogP contribution < -0.4 is 10.1 Å². The second-order valence-electron chi connectivity index (χ2n) is 10.8. The van der Waals surface area contributed by atoms with Crippen molar-refractivity contribution in [2.75, 3.05) is 0 Å². The highest BCUT2D eigenvalue weighted by Crippen LogP contribution is 2.66. The first-order valence-electron chi connectivity index (χ1n) is 11.8. The van der Waals surface area contributed by atoms with Gasteiger partial charge in [-0.05, 0) is 74.1 Å². The van der Waals surface area contributed by atoms with E-state index in [4.69, 9.17) is 4.74 Å². The van der Waals surface area contributed by atoms with Crippen LogP contribution in [0.5, 0.6) is 5.75 Å². The van der Waals surface area contributed by atoms with Gasteiger partial charge >= 0.3 is 0 Å². The first-order valence-corrected chi connectivity index (χ1v) is 11.8. The third-order valence-electron chi connectivity index (χ3n) is 8.77. The van der Waals surface area contributed by atoms with Gasteiger partial charge in [-0.2, -0.15) is 0 Å². The minimum Gasteiger partial charge on any atom is -0.490 e. The molecule has 5 aliphatic rings. The SMILES string of the molecule is CC(C(=O)NC12CC(n3cnnc3)(C1)C2)[C@@H]1[C@@H]2C[C@@H](Oc3ccnc4ccc(F)cc34)C[C@@H]21. The quantitative estimate of drug-likeness (QED) is 0.626. The minimum atomic E-state index is -0.286. The highest BCUT2D eigenvalue weighted by molar-refractivity contribution is 5.84. The number of hydrogen-bond donors (Lipinski definition) is 1. The summed E-state index contributed by atoms with van der Waals surface area (Å²) in [6.45, 7) is 2.08. The molecular weight excluding hydrogens is 421 g/mol. The van der Waals surface area contributed by atoms with E-state index >= 15 is 0 Å². The van der Waals surface area contributed by atoms with E-state index in [-0.39, 0.29) is 34.8 Å². The maximum Gasteiger partial charge on any atom is 0.223 e. The molecular formula is C25H26FN5O2. The summed E-state index contributed by atoms with van der Waals surface area (Å²) in [6, 6.07) is 6.40. The molecule has 0 saturated heterocycles. The maximum absolute atomic E-state index is 13.7. The van der Waals surface area contributed by atoms with Crippen LogP contribution in [0.4, 0.5) is 4.39 Å². The number of rotatable bonds is 6. The number of aromatic nitrogens is 4. The van der Waals surface area contributed by atoms with Gasteiger partial charge in [-0.3, -0.25) is 9.78 Å². The molecule has 170 valence electrons. The number of nitrogens with one attached hydrogen (secondary N) is 1. The number of amides is 1. The standard InChI is InChI=1S/C25H26FN5O2/c1-14(23(32)30-24-9-25(10-24,11-24)31-12-28-29-13-31)22-17-7-16(8-18(17)22)33-21-4-5-27-20-3-2-15(26)6-19(20)21/h2-6,12-14,16-18,22H,7-11H2,1H3,(H,30,32)/t14?,16-,17-,18+,22-,24?,25?. The van der Waals surface area contributed by atoms with E-state index in [0.29, 0.717) is 28.9 Å². The van der Waals surface area contributed by atoms with Gasteiger partial charge in [0.15, 0.2) is 0 Å². The monoisotopic (exact) mass is 447 g/mol. The smallest absolute Gasteiger partial charge is 0.223 e. The Balaban J connectivity index is 0.947. The Labute approximate surface area is 190 Å². The Hall–Kier alpha value is -3.03. The summed E-state index contributed by atoms with van der Waals surface area (Å²) in [6.07, 6.45) is 10.2. The van der Waals surface area contributed by atoms with Gasteiger partial charge in [0.1, 0.15) is 24.2 Å². The molecule has 2 aromatic heterocycles. The Bertz CT molecular complexity index is 1230. The summed E-state index contributed by atoms with van der Waals surface area (Å²) in [4.78, 5) is 17.3. The predicted octanol–water partition coefficient (Wildman–Crippen LogP) is 3.45.